The van der Waals surface area contributed by atoms with Gasteiger partial charge in [0.05, 0.1) is 22.5 Å². The molecule has 0 aliphatic carbocycles. The Labute approximate surface area is 103 Å². The summed E-state index contributed by atoms with van der Waals surface area (Å²) in [5.74, 6) is -0.478. The van der Waals surface area contributed by atoms with Crippen molar-refractivity contribution in [2.24, 2.45) is 5.73 Å². The van der Waals surface area contributed by atoms with Gasteiger partial charge in [-0.05, 0) is 6.07 Å². The molecule has 0 fully saturated rings. The predicted molar refractivity (Wildman–Crippen MR) is 67.1 cm³/mol. The molecule has 0 aliphatic rings. The number of nitrogens with one attached hydrogen (secondary N) is 1. The molecule has 0 atom stereocenters. The fourth-order valence-corrected chi connectivity index (χ4v) is 2.02. The zero-order valence-corrected chi connectivity index (χ0v) is 9.91. The van der Waals surface area contributed by atoms with Crippen molar-refractivity contribution >= 4 is 22.9 Å². The van der Waals surface area contributed by atoms with E-state index in [1.54, 1.807) is 29.1 Å². The summed E-state index contributed by atoms with van der Waals surface area (Å²) in [5.41, 5.74) is 9.21. The molecule has 88 valence electrons. The number of amides is 1. The van der Waals surface area contributed by atoms with Gasteiger partial charge < -0.3 is 11.1 Å². The first-order valence-electron chi connectivity index (χ1n) is 5.12. The van der Waals surface area contributed by atoms with Crippen LogP contribution in [0.2, 0.25) is 0 Å². The molecule has 0 saturated carbocycles. The second kappa shape index (κ2) is 5.40. The van der Waals surface area contributed by atoms with Crippen molar-refractivity contribution in [3.63, 3.8) is 0 Å². The zero-order valence-electron chi connectivity index (χ0n) is 9.09. The predicted octanol–water partition coefficient (Wildman–Crippen LogP) is 1.29. The van der Waals surface area contributed by atoms with Gasteiger partial charge >= 0.3 is 0 Å². The van der Waals surface area contributed by atoms with Gasteiger partial charge in [-0.3, -0.25) is 9.78 Å². The Hall–Kier alpha value is -1.95. The fraction of sp³-hybridized carbons (Fsp3) is 0.182. The number of carbonyl (C=O) groups is 1. The molecule has 0 unspecified atom stereocenters. The van der Waals surface area contributed by atoms with Crippen LogP contribution >= 0.6 is 11.3 Å². The summed E-state index contributed by atoms with van der Waals surface area (Å²) in [6.45, 7) is 0.702. The Bertz CT molecular complexity index is 498. The first-order chi connectivity index (χ1) is 8.27. The van der Waals surface area contributed by atoms with Crippen LogP contribution in [0.3, 0.4) is 0 Å². The van der Waals surface area contributed by atoms with E-state index in [0.29, 0.717) is 17.8 Å². The topological polar surface area (TPSA) is 80.9 Å². The molecule has 0 spiro atoms. The third-order valence-electron chi connectivity index (χ3n) is 2.27. The molecule has 2 aromatic rings. The Morgan fingerprint density at radius 1 is 1.53 bits per heavy atom. The van der Waals surface area contributed by atoms with E-state index >= 15 is 0 Å². The van der Waals surface area contributed by atoms with E-state index < -0.39 is 5.91 Å². The Balaban J connectivity index is 1.97. The monoisotopic (exact) mass is 248 g/mol. The van der Waals surface area contributed by atoms with Crippen molar-refractivity contribution in [2.45, 2.75) is 6.42 Å². The molecule has 3 N–H and O–H groups in total. The molecule has 6 heteroatoms. The maximum atomic E-state index is 11.1. The minimum absolute atomic E-state index is 0.408. The van der Waals surface area contributed by atoms with Gasteiger partial charge in [0, 0.05) is 30.7 Å². The lowest BCUT2D eigenvalue weighted by Crippen LogP contribution is -2.15. The summed E-state index contributed by atoms with van der Waals surface area (Å²) in [5, 5.41) is 5.16. The fourth-order valence-electron chi connectivity index (χ4n) is 1.43. The highest BCUT2D eigenvalue weighted by Crippen LogP contribution is 2.12. The van der Waals surface area contributed by atoms with Gasteiger partial charge in [-0.1, -0.05) is 0 Å². The minimum Gasteiger partial charge on any atom is -0.384 e. The van der Waals surface area contributed by atoms with Crippen LogP contribution in [-0.2, 0) is 6.42 Å². The Morgan fingerprint density at radius 3 is 3.12 bits per heavy atom. The number of thiazole rings is 1. The van der Waals surface area contributed by atoms with Crippen LogP contribution in [0.4, 0.5) is 5.69 Å². The summed E-state index contributed by atoms with van der Waals surface area (Å²) in [7, 11) is 0. The first kappa shape index (κ1) is 11.5. The van der Waals surface area contributed by atoms with Gasteiger partial charge in [0.25, 0.3) is 5.91 Å². The Kier molecular flexibility index (Phi) is 3.66. The molecule has 5 nitrogen and oxygen atoms in total. The van der Waals surface area contributed by atoms with Crippen molar-refractivity contribution < 1.29 is 4.79 Å². The number of pyridine rings is 1. The molecule has 1 amide bonds. The number of hydrogen-bond acceptors (Lipinski definition) is 5. The summed E-state index contributed by atoms with van der Waals surface area (Å²) in [6, 6.07) is 1.74. The molecular weight excluding hydrogens is 236 g/mol. The lowest BCUT2D eigenvalue weighted by Gasteiger charge is -2.08. The van der Waals surface area contributed by atoms with Crippen LogP contribution in [0.1, 0.15) is 16.1 Å². The molecule has 0 aliphatic heterocycles. The molecule has 2 aromatic heterocycles. The van der Waals surface area contributed by atoms with Gasteiger partial charge in [-0.25, -0.2) is 4.98 Å². The number of hydrogen-bond donors (Lipinski definition) is 2. The van der Waals surface area contributed by atoms with Crippen molar-refractivity contribution in [1.29, 1.82) is 0 Å². The van der Waals surface area contributed by atoms with Crippen LogP contribution < -0.4 is 11.1 Å². The number of carbonyl (C=O) groups excluding carboxylic acids is 1. The van der Waals surface area contributed by atoms with Gasteiger partial charge in [0.15, 0.2) is 0 Å². The highest BCUT2D eigenvalue weighted by molar-refractivity contribution is 7.07. The van der Waals surface area contributed by atoms with Gasteiger partial charge in [-0.15, -0.1) is 11.3 Å². The van der Waals surface area contributed by atoms with E-state index in [9.17, 15) is 4.79 Å². The van der Waals surface area contributed by atoms with Crippen molar-refractivity contribution in [3.05, 3.63) is 40.6 Å². The van der Waals surface area contributed by atoms with E-state index in [2.05, 4.69) is 15.3 Å². The lowest BCUT2D eigenvalue weighted by atomic mass is 10.2. The standard InChI is InChI=1S/C11H12N4OS/c12-11(16)9-5-13-3-2-10(9)14-4-1-8-6-17-7-15-8/h2-3,5-7H,1,4H2,(H2,12,16)(H,13,14). The quantitative estimate of drug-likeness (QED) is 0.835. The summed E-state index contributed by atoms with van der Waals surface area (Å²) >= 11 is 1.57. The van der Waals surface area contributed by atoms with Crippen LogP contribution in [0.15, 0.2) is 29.4 Å². The average Bonchev–Trinajstić information content (AvgIpc) is 2.82. The van der Waals surface area contributed by atoms with Crippen LogP contribution in [0.25, 0.3) is 0 Å². The van der Waals surface area contributed by atoms with Crippen LogP contribution in [-0.4, -0.2) is 22.4 Å². The van der Waals surface area contributed by atoms with E-state index in [1.165, 1.54) is 6.20 Å². The second-order valence-corrected chi connectivity index (χ2v) is 4.16. The normalized spacial score (nSPS) is 10.1. The van der Waals surface area contributed by atoms with E-state index in [-0.39, 0.29) is 0 Å². The van der Waals surface area contributed by atoms with E-state index in [0.717, 1.165) is 12.1 Å². The third-order valence-corrected chi connectivity index (χ3v) is 2.90. The molecule has 0 bridgehead atoms. The van der Waals surface area contributed by atoms with E-state index in [1.807, 2.05) is 5.38 Å². The van der Waals surface area contributed by atoms with Crippen molar-refractivity contribution in [2.75, 3.05) is 11.9 Å². The zero-order chi connectivity index (χ0) is 12.1. The molecule has 0 radical (unpaired) electrons. The van der Waals surface area contributed by atoms with Crippen molar-refractivity contribution in [1.82, 2.24) is 9.97 Å². The van der Waals surface area contributed by atoms with Gasteiger partial charge in [0.1, 0.15) is 0 Å². The number of nitrogens with zero attached hydrogens (tertiary/aromatic N) is 2. The maximum absolute atomic E-state index is 11.1. The molecule has 2 rings (SSSR count). The SMILES string of the molecule is NC(=O)c1cnccc1NCCc1cscn1. The van der Waals surface area contributed by atoms with E-state index in [4.69, 9.17) is 5.73 Å². The Morgan fingerprint density at radius 2 is 2.41 bits per heavy atom. The summed E-state index contributed by atoms with van der Waals surface area (Å²) in [6.07, 6.45) is 3.90. The molecular formula is C11H12N4OS. The highest BCUT2D eigenvalue weighted by Gasteiger charge is 2.07. The lowest BCUT2D eigenvalue weighted by molar-refractivity contribution is 0.100. The molecule has 2 heterocycles. The van der Waals surface area contributed by atoms with Gasteiger partial charge in [0.2, 0.25) is 0 Å². The van der Waals surface area contributed by atoms with Crippen molar-refractivity contribution in [3.8, 4) is 0 Å². The smallest absolute Gasteiger partial charge is 0.252 e. The summed E-state index contributed by atoms with van der Waals surface area (Å²) in [4.78, 5) is 19.2. The molecule has 0 saturated heterocycles. The minimum atomic E-state index is -0.478. The van der Waals surface area contributed by atoms with Gasteiger partial charge in [-0.2, -0.15) is 0 Å². The number of rotatable bonds is 5. The largest absolute Gasteiger partial charge is 0.384 e. The van der Waals surface area contributed by atoms with Crippen LogP contribution in [0.5, 0.6) is 0 Å². The number of anilines is 1. The highest BCUT2D eigenvalue weighted by atomic mass is 32.1. The summed E-state index contributed by atoms with van der Waals surface area (Å²) < 4.78 is 0. The first-order valence-corrected chi connectivity index (χ1v) is 6.06. The van der Waals surface area contributed by atoms with Crippen LogP contribution in [0, 0.1) is 0 Å². The number of aromatic nitrogens is 2. The number of nitrogens with two attached hydrogens (primary N) is 1. The maximum Gasteiger partial charge on any atom is 0.252 e. The average molecular weight is 248 g/mol. The molecule has 0 aromatic carbocycles. The second-order valence-electron chi connectivity index (χ2n) is 3.44. The number of primary amides is 1. The molecule has 17 heavy (non-hydrogen) atoms. The third kappa shape index (κ3) is 3.01.